The SMILES string of the molecule is CN1Cc2c(Cl)cc(Cl)cc2[C@H](c2cccc(-c3nnn(CCOCCOCCN)n3)c2)C1.O=C(O)C(F)(F)F. The van der Waals surface area contributed by atoms with Crippen LogP contribution in [-0.2, 0) is 27.4 Å². The van der Waals surface area contributed by atoms with Crippen LogP contribution in [0.1, 0.15) is 22.6 Å². The monoisotopic (exact) mass is 604 g/mol. The van der Waals surface area contributed by atoms with Crippen LogP contribution in [0.2, 0.25) is 10.0 Å². The molecular weight excluding hydrogens is 576 g/mol. The summed E-state index contributed by atoms with van der Waals surface area (Å²) in [7, 11) is 2.10. The van der Waals surface area contributed by atoms with Crippen LogP contribution in [0.4, 0.5) is 13.2 Å². The number of ether oxygens (including phenoxy) is 2. The number of nitrogens with zero attached hydrogens (tertiary/aromatic N) is 5. The van der Waals surface area contributed by atoms with Crippen molar-refractivity contribution >= 4 is 29.2 Å². The molecule has 0 aliphatic carbocycles. The molecule has 3 aromatic rings. The number of aromatic nitrogens is 4. The second-order valence-electron chi connectivity index (χ2n) is 8.86. The summed E-state index contributed by atoms with van der Waals surface area (Å²) in [5.74, 6) is -2.02. The normalized spacial score (nSPS) is 15.3. The first kappa shape index (κ1) is 31.7. The Morgan fingerprint density at radius 1 is 1.15 bits per heavy atom. The van der Waals surface area contributed by atoms with Crippen LogP contribution >= 0.6 is 23.2 Å². The van der Waals surface area contributed by atoms with Gasteiger partial charge in [0.2, 0.25) is 5.82 Å². The Hall–Kier alpha value is -2.81. The van der Waals surface area contributed by atoms with Gasteiger partial charge < -0.3 is 25.2 Å². The van der Waals surface area contributed by atoms with Gasteiger partial charge >= 0.3 is 12.1 Å². The summed E-state index contributed by atoms with van der Waals surface area (Å²) in [6.45, 7) is 4.76. The molecule has 4 rings (SSSR count). The molecule has 1 aliphatic rings. The molecule has 0 spiro atoms. The van der Waals surface area contributed by atoms with E-state index in [0.29, 0.717) is 55.4 Å². The third kappa shape index (κ3) is 9.11. The topological polar surface area (TPSA) is 129 Å². The van der Waals surface area contributed by atoms with Gasteiger partial charge in [0.15, 0.2) is 0 Å². The number of benzene rings is 2. The van der Waals surface area contributed by atoms with E-state index in [2.05, 4.69) is 39.5 Å². The zero-order valence-corrected chi connectivity index (χ0v) is 23.1. The van der Waals surface area contributed by atoms with Gasteiger partial charge in [-0.05, 0) is 47.2 Å². The summed E-state index contributed by atoms with van der Waals surface area (Å²) in [5.41, 5.74) is 9.76. The lowest BCUT2D eigenvalue weighted by Gasteiger charge is -2.33. The fourth-order valence-corrected chi connectivity index (χ4v) is 4.60. The number of nitrogens with two attached hydrogens (primary N) is 1. The number of carboxylic acid groups (broad SMARTS) is 1. The summed E-state index contributed by atoms with van der Waals surface area (Å²) in [6.07, 6.45) is -5.08. The molecule has 3 N–H and O–H groups in total. The molecule has 0 radical (unpaired) electrons. The van der Waals surface area contributed by atoms with Gasteiger partial charge in [-0.3, -0.25) is 0 Å². The Morgan fingerprint density at radius 3 is 2.52 bits per heavy atom. The van der Waals surface area contributed by atoms with Crippen LogP contribution in [0.5, 0.6) is 0 Å². The Morgan fingerprint density at radius 2 is 1.85 bits per heavy atom. The van der Waals surface area contributed by atoms with Crippen molar-refractivity contribution in [1.82, 2.24) is 25.1 Å². The number of carboxylic acids is 1. The number of tetrazole rings is 1. The summed E-state index contributed by atoms with van der Waals surface area (Å²) in [5, 5.41) is 21.4. The quantitative estimate of drug-likeness (QED) is 0.331. The van der Waals surface area contributed by atoms with E-state index in [-0.39, 0.29) is 5.92 Å². The number of fused-ring (bicyclic) bond motifs is 1. The summed E-state index contributed by atoms with van der Waals surface area (Å²) in [6, 6.07) is 12.1. The van der Waals surface area contributed by atoms with Crippen molar-refractivity contribution in [3.63, 3.8) is 0 Å². The van der Waals surface area contributed by atoms with Crippen LogP contribution in [-0.4, -0.2) is 88.9 Å². The van der Waals surface area contributed by atoms with E-state index in [0.717, 1.165) is 29.8 Å². The molecule has 0 fully saturated rings. The van der Waals surface area contributed by atoms with Crippen LogP contribution < -0.4 is 5.73 Å². The van der Waals surface area contributed by atoms with Gasteiger partial charge in [-0.2, -0.15) is 18.0 Å². The summed E-state index contributed by atoms with van der Waals surface area (Å²) >= 11 is 12.8. The minimum absolute atomic E-state index is 0.153. The minimum Gasteiger partial charge on any atom is -0.475 e. The molecule has 0 unspecified atom stereocenters. The largest absolute Gasteiger partial charge is 0.490 e. The molecule has 0 amide bonds. The number of hydrogen-bond donors (Lipinski definition) is 2. The van der Waals surface area contributed by atoms with Crippen LogP contribution in [0.3, 0.4) is 0 Å². The predicted octanol–water partition coefficient (Wildman–Crippen LogP) is 3.85. The summed E-state index contributed by atoms with van der Waals surface area (Å²) in [4.78, 5) is 12.7. The number of rotatable bonds is 10. The van der Waals surface area contributed by atoms with Crippen LogP contribution in [0, 0.1) is 0 Å². The third-order valence-electron chi connectivity index (χ3n) is 5.80. The van der Waals surface area contributed by atoms with Gasteiger partial charge in [0, 0.05) is 41.2 Å². The predicted molar refractivity (Wildman–Crippen MR) is 142 cm³/mol. The molecule has 2 heterocycles. The van der Waals surface area contributed by atoms with E-state index in [4.69, 9.17) is 48.3 Å². The highest BCUT2D eigenvalue weighted by Gasteiger charge is 2.38. The molecule has 2 aromatic carbocycles. The molecule has 1 aliphatic heterocycles. The first-order chi connectivity index (χ1) is 19.0. The van der Waals surface area contributed by atoms with Crippen molar-refractivity contribution in [2.75, 3.05) is 46.6 Å². The fourth-order valence-electron chi connectivity index (χ4n) is 4.03. The molecule has 218 valence electrons. The van der Waals surface area contributed by atoms with E-state index in [9.17, 15) is 13.2 Å². The van der Waals surface area contributed by atoms with Crippen molar-refractivity contribution in [2.24, 2.45) is 5.73 Å². The van der Waals surface area contributed by atoms with Crippen molar-refractivity contribution in [3.05, 3.63) is 63.1 Å². The van der Waals surface area contributed by atoms with E-state index in [1.54, 1.807) is 4.80 Å². The maximum absolute atomic E-state index is 10.6. The lowest BCUT2D eigenvalue weighted by molar-refractivity contribution is -0.192. The van der Waals surface area contributed by atoms with E-state index < -0.39 is 12.1 Å². The minimum atomic E-state index is -5.08. The molecule has 0 saturated carbocycles. The molecular formula is C25H29Cl2F3N6O4. The Labute approximate surface area is 238 Å². The number of carbonyl (C=O) groups is 1. The zero-order valence-electron chi connectivity index (χ0n) is 21.6. The van der Waals surface area contributed by atoms with E-state index in [1.807, 2.05) is 24.3 Å². The average molecular weight is 605 g/mol. The molecule has 10 nitrogen and oxygen atoms in total. The van der Waals surface area contributed by atoms with Gasteiger partial charge in [-0.1, -0.05) is 41.4 Å². The first-order valence-corrected chi connectivity index (χ1v) is 12.9. The summed E-state index contributed by atoms with van der Waals surface area (Å²) < 4.78 is 42.6. The maximum atomic E-state index is 10.6. The number of alkyl halides is 3. The maximum Gasteiger partial charge on any atom is 0.490 e. The van der Waals surface area contributed by atoms with Crippen LogP contribution in [0.25, 0.3) is 11.4 Å². The van der Waals surface area contributed by atoms with Gasteiger partial charge in [0.05, 0.1) is 33.0 Å². The highest BCUT2D eigenvalue weighted by Crippen LogP contribution is 2.39. The van der Waals surface area contributed by atoms with Crippen molar-refractivity contribution in [1.29, 1.82) is 0 Å². The standard InChI is InChI=1S/C23H28Cl2N6O2.C2HF3O2/c1-30-14-20(19-12-18(24)13-22(25)21(19)15-30)16-3-2-4-17(11-16)23-27-29-31(28-23)6-8-33-10-9-32-7-5-26;3-2(4,5)1(6)7/h2-4,11-13,20H,5-10,14-15,26H2,1H3;(H,6,7)/t20-;/m0./s1. The lowest BCUT2D eigenvalue weighted by Crippen LogP contribution is -2.31. The van der Waals surface area contributed by atoms with Crippen molar-refractivity contribution in [2.45, 2.75) is 25.2 Å². The lowest BCUT2D eigenvalue weighted by atomic mass is 9.84. The number of hydrogen-bond acceptors (Lipinski definition) is 8. The highest BCUT2D eigenvalue weighted by molar-refractivity contribution is 6.35. The van der Waals surface area contributed by atoms with Crippen molar-refractivity contribution in [3.8, 4) is 11.4 Å². The van der Waals surface area contributed by atoms with Gasteiger partial charge in [0.25, 0.3) is 0 Å². The van der Waals surface area contributed by atoms with Crippen molar-refractivity contribution < 1.29 is 32.5 Å². The highest BCUT2D eigenvalue weighted by atomic mass is 35.5. The van der Waals surface area contributed by atoms with Crippen LogP contribution in [0.15, 0.2) is 36.4 Å². The second kappa shape index (κ2) is 14.7. The zero-order chi connectivity index (χ0) is 29.3. The molecule has 0 bridgehead atoms. The number of aliphatic carboxylic acids is 1. The molecule has 15 heteroatoms. The van der Waals surface area contributed by atoms with E-state index in [1.165, 1.54) is 5.56 Å². The smallest absolute Gasteiger partial charge is 0.475 e. The second-order valence-corrected chi connectivity index (χ2v) is 9.70. The average Bonchev–Trinajstić information content (AvgIpc) is 3.37. The van der Waals surface area contributed by atoms with Gasteiger partial charge in [0.1, 0.15) is 0 Å². The molecule has 40 heavy (non-hydrogen) atoms. The van der Waals surface area contributed by atoms with Gasteiger partial charge in [-0.25, -0.2) is 4.79 Å². The Kier molecular flexibility index (Phi) is 11.7. The third-order valence-corrected chi connectivity index (χ3v) is 6.36. The number of likely N-dealkylation sites (N-methyl/N-ethyl adjacent to an activating group) is 1. The molecule has 1 aromatic heterocycles. The number of halogens is 5. The van der Waals surface area contributed by atoms with Gasteiger partial charge in [-0.15, -0.1) is 10.2 Å². The molecule has 0 saturated heterocycles. The Bertz CT molecular complexity index is 1280. The fraction of sp³-hybridized carbons (Fsp3) is 0.440. The Balaban J connectivity index is 0.000000559. The first-order valence-electron chi connectivity index (χ1n) is 12.2. The van der Waals surface area contributed by atoms with E-state index >= 15 is 0 Å². The molecule has 1 atom stereocenters.